The smallest absolute Gasteiger partial charge is 0.254 e. The van der Waals surface area contributed by atoms with E-state index in [1.54, 1.807) is 0 Å². The van der Waals surface area contributed by atoms with E-state index in [9.17, 15) is 4.79 Å². The number of aryl methyl sites for hydroxylation is 1. The summed E-state index contributed by atoms with van der Waals surface area (Å²) in [5.74, 6) is 0.481. The van der Waals surface area contributed by atoms with Crippen molar-refractivity contribution < 1.29 is 14.3 Å². The number of fused-ring (bicyclic) bond motifs is 3. The molecule has 3 aromatic rings. The van der Waals surface area contributed by atoms with Crippen LogP contribution in [0.5, 0.6) is 0 Å². The average Bonchev–Trinajstić information content (AvgIpc) is 3.25. The molecule has 5 rings (SSSR count). The summed E-state index contributed by atoms with van der Waals surface area (Å²) in [6, 6.07) is 9.41. The summed E-state index contributed by atoms with van der Waals surface area (Å²) in [6.07, 6.45) is 1.83. The van der Waals surface area contributed by atoms with Crippen LogP contribution in [0.1, 0.15) is 38.8 Å². The highest BCUT2D eigenvalue weighted by atomic mass is 16.5. The number of nitrogen functional groups attached to an aromatic ring is 1. The predicted molar refractivity (Wildman–Crippen MR) is 108 cm³/mol. The molecule has 0 radical (unpaired) electrons. The molecule has 1 aromatic carbocycles. The molecule has 0 spiro atoms. The molecule has 2 aromatic heterocycles. The minimum Gasteiger partial charge on any atom is -0.383 e. The van der Waals surface area contributed by atoms with Crippen LogP contribution in [0.15, 0.2) is 36.5 Å². The number of carbonyl (C=O) groups is 1. The first kappa shape index (κ1) is 18.0. The van der Waals surface area contributed by atoms with Crippen LogP contribution in [0, 0.1) is 6.92 Å². The molecule has 7 heteroatoms. The van der Waals surface area contributed by atoms with E-state index >= 15 is 0 Å². The quantitative estimate of drug-likeness (QED) is 0.724. The molecule has 1 amide bonds. The Hall–Kier alpha value is -3.03. The number of ether oxygens (including phenoxy) is 2. The van der Waals surface area contributed by atoms with Gasteiger partial charge in [-0.15, -0.1) is 0 Å². The van der Waals surface area contributed by atoms with Crippen molar-refractivity contribution in [1.82, 2.24) is 14.9 Å². The second-order valence-corrected chi connectivity index (χ2v) is 7.50. The van der Waals surface area contributed by atoms with Crippen LogP contribution in [0.2, 0.25) is 0 Å². The molecular formula is C22H22N4O3. The third-order valence-electron chi connectivity index (χ3n) is 5.68. The molecule has 1 saturated heterocycles. The first-order valence-electron chi connectivity index (χ1n) is 9.72. The Bertz CT molecular complexity index is 1100. The van der Waals surface area contributed by atoms with E-state index in [0.717, 1.165) is 33.3 Å². The Balaban J connectivity index is 1.52. The first-order valence-corrected chi connectivity index (χ1v) is 9.72. The van der Waals surface area contributed by atoms with Crippen molar-refractivity contribution in [2.75, 3.05) is 25.5 Å². The second-order valence-electron chi connectivity index (χ2n) is 7.50. The standard InChI is InChI=1S/C22H22N4O3/c1-13-2-3-15(9-24-13)20-12-28-7-6-26(20)22(27)14-4-5-19-16(8-14)17-10-29-11-18(17)21(23)25-19/h2-5,8-9,20H,6-7,10-12H2,1H3,(H2,23,25). The van der Waals surface area contributed by atoms with E-state index in [1.807, 2.05) is 48.4 Å². The molecule has 4 heterocycles. The molecular weight excluding hydrogens is 368 g/mol. The number of rotatable bonds is 2. The van der Waals surface area contributed by atoms with E-state index in [4.69, 9.17) is 15.2 Å². The third-order valence-corrected chi connectivity index (χ3v) is 5.68. The number of carbonyl (C=O) groups excluding carboxylic acids is 1. The van der Waals surface area contributed by atoms with Gasteiger partial charge < -0.3 is 20.1 Å². The molecule has 1 unspecified atom stereocenters. The van der Waals surface area contributed by atoms with Gasteiger partial charge in [0.25, 0.3) is 5.91 Å². The number of nitrogens with two attached hydrogens (primary N) is 1. The number of hydrogen-bond donors (Lipinski definition) is 1. The number of pyridine rings is 2. The monoisotopic (exact) mass is 390 g/mol. The molecule has 7 nitrogen and oxygen atoms in total. The van der Waals surface area contributed by atoms with Crippen molar-refractivity contribution in [2.45, 2.75) is 26.2 Å². The van der Waals surface area contributed by atoms with Gasteiger partial charge >= 0.3 is 0 Å². The maximum Gasteiger partial charge on any atom is 0.254 e. The van der Waals surface area contributed by atoms with Crippen LogP contribution < -0.4 is 5.73 Å². The lowest BCUT2D eigenvalue weighted by molar-refractivity contribution is -0.00278. The minimum atomic E-state index is -0.154. The van der Waals surface area contributed by atoms with Crippen LogP contribution in [-0.4, -0.2) is 40.5 Å². The number of hydrogen-bond acceptors (Lipinski definition) is 6. The van der Waals surface area contributed by atoms with Crippen molar-refractivity contribution in [3.05, 3.63) is 64.5 Å². The molecule has 0 aliphatic carbocycles. The fraction of sp³-hybridized carbons (Fsp3) is 0.318. The molecule has 0 bridgehead atoms. The summed E-state index contributed by atoms with van der Waals surface area (Å²) in [5, 5.41) is 0.930. The normalized spacial score (nSPS) is 18.8. The van der Waals surface area contributed by atoms with Gasteiger partial charge in [-0.25, -0.2) is 4.98 Å². The number of aromatic nitrogens is 2. The number of morpholine rings is 1. The van der Waals surface area contributed by atoms with E-state index < -0.39 is 0 Å². The van der Waals surface area contributed by atoms with Crippen LogP contribution >= 0.6 is 0 Å². The second kappa shape index (κ2) is 7.09. The zero-order valence-corrected chi connectivity index (χ0v) is 16.2. The molecule has 148 valence electrons. The fourth-order valence-corrected chi connectivity index (χ4v) is 4.07. The van der Waals surface area contributed by atoms with Crippen LogP contribution in [0.4, 0.5) is 5.82 Å². The van der Waals surface area contributed by atoms with Gasteiger partial charge in [0.1, 0.15) is 5.82 Å². The van der Waals surface area contributed by atoms with E-state index in [-0.39, 0.29) is 11.9 Å². The Morgan fingerprint density at radius 2 is 2.03 bits per heavy atom. The van der Waals surface area contributed by atoms with Gasteiger partial charge in [0.2, 0.25) is 0 Å². The van der Waals surface area contributed by atoms with Crippen LogP contribution in [0.3, 0.4) is 0 Å². The van der Waals surface area contributed by atoms with E-state index in [0.29, 0.717) is 44.4 Å². The minimum absolute atomic E-state index is 0.0229. The lowest BCUT2D eigenvalue weighted by Crippen LogP contribution is -2.43. The maximum absolute atomic E-state index is 13.4. The highest BCUT2D eigenvalue weighted by Crippen LogP contribution is 2.32. The average molecular weight is 390 g/mol. The van der Waals surface area contributed by atoms with Gasteiger partial charge in [0.05, 0.1) is 38.0 Å². The predicted octanol–water partition coefficient (Wildman–Crippen LogP) is 2.76. The third kappa shape index (κ3) is 3.12. The van der Waals surface area contributed by atoms with Crippen molar-refractivity contribution in [3.63, 3.8) is 0 Å². The number of anilines is 1. The lowest BCUT2D eigenvalue weighted by atomic mass is 10.0. The van der Waals surface area contributed by atoms with Crippen molar-refractivity contribution >= 4 is 22.6 Å². The Morgan fingerprint density at radius 1 is 1.17 bits per heavy atom. The summed E-state index contributed by atoms with van der Waals surface area (Å²) >= 11 is 0. The molecule has 2 N–H and O–H groups in total. The Labute approximate surface area is 168 Å². The Morgan fingerprint density at radius 3 is 2.86 bits per heavy atom. The molecule has 2 aliphatic heterocycles. The number of benzene rings is 1. The molecule has 1 atom stereocenters. The maximum atomic E-state index is 13.4. The van der Waals surface area contributed by atoms with Gasteiger partial charge in [-0.05, 0) is 42.3 Å². The SMILES string of the molecule is Cc1ccc(C2COCCN2C(=O)c2ccc3nc(N)c4c(c3c2)COC4)cn1. The lowest BCUT2D eigenvalue weighted by Gasteiger charge is -2.36. The van der Waals surface area contributed by atoms with Crippen LogP contribution in [-0.2, 0) is 22.7 Å². The molecule has 1 fully saturated rings. The fourth-order valence-electron chi connectivity index (χ4n) is 4.07. The highest BCUT2D eigenvalue weighted by Gasteiger charge is 2.30. The topological polar surface area (TPSA) is 90.6 Å². The summed E-state index contributed by atoms with van der Waals surface area (Å²) in [4.78, 5) is 24.2. The van der Waals surface area contributed by atoms with Crippen molar-refractivity contribution in [2.24, 2.45) is 0 Å². The van der Waals surface area contributed by atoms with Gasteiger partial charge in [0.15, 0.2) is 0 Å². The zero-order chi connectivity index (χ0) is 20.0. The van der Waals surface area contributed by atoms with Crippen molar-refractivity contribution in [1.29, 1.82) is 0 Å². The highest BCUT2D eigenvalue weighted by molar-refractivity contribution is 5.99. The van der Waals surface area contributed by atoms with Gasteiger partial charge in [-0.3, -0.25) is 9.78 Å². The Kier molecular flexibility index (Phi) is 4.41. The van der Waals surface area contributed by atoms with Crippen LogP contribution in [0.25, 0.3) is 10.9 Å². The van der Waals surface area contributed by atoms with E-state index in [1.165, 1.54) is 0 Å². The van der Waals surface area contributed by atoms with Gasteiger partial charge in [-0.2, -0.15) is 0 Å². The molecule has 29 heavy (non-hydrogen) atoms. The number of amides is 1. The van der Waals surface area contributed by atoms with E-state index in [2.05, 4.69) is 9.97 Å². The summed E-state index contributed by atoms with van der Waals surface area (Å²) in [6.45, 7) is 4.43. The summed E-state index contributed by atoms with van der Waals surface area (Å²) in [7, 11) is 0. The molecule has 0 saturated carbocycles. The largest absolute Gasteiger partial charge is 0.383 e. The zero-order valence-electron chi connectivity index (χ0n) is 16.2. The van der Waals surface area contributed by atoms with Gasteiger partial charge in [-0.1, -0.05) is 6.07 Å². The number of nitrogens with zero attached hydrogens (tertiary/aromatic N) is 3. The summed E-state index contributed by atoms with van der Waals surface area (Å²) < 4.78 is 11.2. The van der Waals surface area contributed by atoms with Gasteiger partial charge in [0, 0.05) is 34.9 Å². The first-order chi connectivity index (χ1) is 14.1. The van der Waals surface area contributed by atoms with Crippen molar-refractivity contribution in [3.8, 4) is 0 Å². The summed E-state index contributed by atoms with van der Waals surface area (Å²) in [5.41, 5.74) is 11.4. The molecule has 2 aliphatic rings.